The van der Waals surface area contributed by atoms with Gasteiger partial charge in [0.2, 0.25) is 0 Å². The molecule has 0 saturated heterocycles. The van der Waals surface area contributed by atoms with Crippen molar-refractivity contribution in [2.24, 2.45) is 5.41 Å². The fourth-order valence-electron chi connectivity index (χ4n) is 1.73. The first kappa shape index (κ1) is 15.9. The van der Waals surface area contributed by atoms with Crippen LogP contribution in [0.5, 0.6) is 0 Å². The summed E-state index contributed by atoms with van der Waals surface area (Å²) in [6.45, 7) is 12.6. The molecule has 2 heteroatoms. The van der Waals surface area contributed by atoms with Crippen LogP contribution in [0.1, 0.15) is 60.3 Å². The van der Waals surface area contributed by atoms with Crippen molar-refractivity contribution in [3.63, 3.8) is 0 Å². The predicted molar refractivity (Wildman–Crippen MR) is 69.8 cm³/mol. The van der Waals surface area contributed by atoms with E-state index >= 15 is 0 Å². The molecule has 0 amide bonds. The lowest BCUT2D eigenvalue weighted by Crippen LogP contribution is -2.43. The maximum Gasteiger partial charge on any atom is 0.0707 e. The van der Waals surface area contributed by atoms with Crippen LogP contribution >= 0.6 is 0 Å². The van der Waals surface area contributed by atoms with Gasteiger partial charge in [0.05, 0.1) is 18.8 Å². The predicted octanol–water partition coefficient (Wildman–Crippen LogP) is 4.03. The minimum Gasteiger partial charge on any atom is -0.382 e. The average molecular weight is 230 g/mol. The van der Waals surface area contributed by atoms with E-state index in [0.29, 0.717) is 13.2 Å². The molecule has 98 valence electrons. The molecule has 0 fully saturated rings. The molecule has 0 rings (SSSR count). The Morgan fingerprint density at radius 2 is 1.56 bits per heavy atom. The average Bonchev–Trinajstić information content (AvgIpc) is 2.17. The molecule has 1 atom stereocenters. The summed E-state index contributed by atoms with van der Waals surface area (Å²) in [5.74, 6) is 0. The second-order valence-corrected chi connectivity index (χ2v) is 5.78. The maximum atomic E-state index is 6.06. The van der Waals surface area contributed by atoms with Gasteiger partial charge in [-0.1, -0.05) is 47.0 Å². The lowest BCUT2D eigenvalue weighted by Gasteiger charge is -2.42. The van der Waals surface area contributed by atoms with Crippen molar-refractivity contribution >= 4 is 0 Å². The van der Waals surface area contributed by atoms with Gasteiger partial charge < -0.3 is 9.47 Å². The molecule has 0 aromatic rings. The van der Waals surface area contributed by atoms with Gasteiger partial charge in [0.1, 0.15) is 0 Å². The third-order valence-electron chi connectivity index (χ3n) is 3.55. The largest absolute Gasteiger partial charge is 0.382 e. The fraction of sp³-hybridized carbons (Fsp3) is 1.00. The first-order chi connectivity index (χ1) is 7.37. The summed E-state index contributed by atoms with van der Waals surface area (Å²) in [6.07, 6.45) is 4.93. The van der Waals surface area contributed by atoms with Crippen molar-refractivity contribution in [3.05, 3.63) is 0 Å². The molecule has 0 radical (unpaired) electrons. The highest BCUT2D eigenvalue weighted by atomic mass is 16.5. The SMILES string of the molecule is CCCCCC(C)(OCCOC)C(C)(C)C. The molecular formula is C14H30O2. The van der Waals surface area contributed by atoms with Crippen molar-refractivity contribution in [3.8, 4) is 0 Å². The lowest BCUT2D eigenvalue weighted by atomic mass is 9.74. The molecule has 0 aliphatic carbocycles. The molecule has 0 heterocycles. The second kappa shape index (κ2) is 7.29. The van der Waals surface area contributed by atoms with Gasteiger partial charge in [-0.3, -0.25) is 0 Å². The van der Waals surface area contributed by atoms with Crippen LogP contribution in [0.25, 0.3) is 0 Å². The number of hydrogen-bond donors (Lipinski definition) is 0. The van der Waals surface area contributed by atoms with Crippen LogP contribution in [0.2, 0.25) is 0 Å². The molecule has 0 aromatic heterocycles. The van der Waals surface area contributed by atoms with Gasteiger partial charge in [-0.15, -0.1) is 0 Å². The summed E-state index contributed by atoms with van der Waals surface area (Å²) in [5.41, 5.74) is 0.134. The van der Waals surface area contributed by atoms with Crippen LogP contribution in [0.4, 0.5) is 0 Å². The number of rotatable bonds is 8. The molecule has 0 aliphatic heterocycles. The van der Waals surface area contributed by atoms with E-state index in [2.05, 4.69) is 34.6 Å². The summed E-state index contributed by atoms with van der Waals surface area (Å²) in [7, 11) is 1.72. The summed E-state index contributed by atoms with van der Waals surface area (Å²) in [6, 6.07) is 0. The molecular weight excluding hydrogens is 200 g/mol. The number of ether oxygens (including phenoxy) is 2. The molecule has 0 saturated carbocycles. The number of methoxy groups -OCH3 is 1. The Morgan fingerprint density at radius 1 is 0.938 bits per heavy atom. The highest BCUT2D eigenvalue weighted by molar-refractivity contribution is 4.88. The van der Waals surface area contributed by atoms with Gasteiger partial charge in [-0.05, 0) is 18.8 Å². The van der Waals surface area contributed by atoms with Crippen LogP contribution in [0, 0.1) is 5.41 Å². The minimum absolute atomic E-state index is 0.0410. The summed E-state index contributed by atoms with van der Waals surface area (Å²) < 4.78 is 11.1. The van der Waals surface area contributed by atoms with Crippen molar-refractivity contribution < 1.29 is 9.47 Å². The van der Waals surface area contributed by atoms with Crippen molar-refractivity contribution in [2.45, 2.75) is 65.9 Å². The van der Waals surface area contributed by atoms with Crippen molar-refractivity contribution in [1.29, 1.82) is 0 Å². The Hall–Kier alpha value is -0.0800. The van der Waals surface area contributed by atoms with Gasteiger partial charge in [0, 0.05) is 7.11 Å². The van der Waals surface area contributed by atoms with Gasteiger partial charge in [0.15, 0.2) is 0 Å². The smallest absolute Gasteiger partial charge is 0.0707 e. The number of unbranched alkanes of at least 4 members (excludes halogenated alkanes) is 2. The Labute approximate surface area is 102 Å². The van der Waals surface area contributed by atoms with Crippen LogP contribution in [0.15, 0.2) is 0 Å². The van der Waals surface area contributed by atoms with Crippen LogP contribution < -0.4 is 0 Å². The molecule has 0 aliphatic rings. The molecule has 0 bridgehead atoms. The van der Waals surface area contributed by atoms with E-state index in [1.54, 1.807) is 7.11 Å². The zero-order chi connectivity index (χ0) is 12.7. The highest BCUT2D eigenvalue weighted by Crippen LogP contribution is 2.37. The summed E-state index contributed by atoms with van der Waals surface area (Å²) in [5, 5.41) is 0. The van der Waals surface area contributed by atoms with E-state index in [1.165, 1.54) is 19.3 Å². The third-order valence-corrected chi connectivity index (χ3v) is 3.55. The van der Waals surface area contributed by atoms with Crippen LogP contribution in [-0.2, 0) is 9.47 Å². The third kappa shape index (κ3) is 5.31. The fourth-order valence-corrected chi connectivity index (χ4v) is 1.73. The molecule has 0 N–H and O–H groups in total. The van der Waals surface area contributed by atoms with Gasteiger partial charge >= 0.3 is 0 Å². The maximum absolute atomic E-state index is 6.06. The zero-order valence-corrected chi connectivity index (χ0v) is 12.1. The Morgan fingerprint density at radius 3 is 2.00 bits per heavy atom. The topological polar surface area (TPSA) is 18.5 Å². The van der Waals surface area contributed by atoms with E-state index in [4.69, 9.17) is 9.47 Å². The first-order valence-electron chi connectivity index (χ1n) is 6.50. The van der Waals surface area contributed by atoms with Crippen molar-refractivity contribution in [2.75, 3.05) is 20.3 Å². The van der Waals surface area contributed by atoms with E-state index in [1.807, 2.05) is 0 Å². The monoisotopic (exact) mass is 230 g/mol. The minimum atomic E-state index is -0.0410. The molecule has 1 unspecified atom stereocenters. The number of hydrogen-bond acceptors (Lipinski definition) is 2. The van der Waals surface area contributed by atoms with Crippen LogP contribution in [-0.4, -0.2) is 25.9 Å². The van der Waals surface area contributed by atoms with Gasteiger partial charge in [-0.2, -0.15) is 0 Å². The highest BCUT2D eigenvalue weighted by Gasteiger charge is 2.37. The lowest BCUT2D eigenvalue weighted by molar-refractivity contribution is -0.120. The molecule has 2 nitrogen and oxygen atoms in total. The van der Waals surface area contributed by atoms with E-state index in [-0.39, 0.29) is 11.0 Å². The Bertz CT molecular complexity index is 160. The first-order valence-corrected chi connectivity index (χ1v) is 6.50. The van der Waals surface area contributed by atoms with Gasteiger partial charge in [-0.25, -0.2) is 0 Å². The van der Waals surface area contributed by atoms with E-state index < -0.39 is 0 Å². The zero-order valence-electron chi connectivity index (χ0n) is 12.1. The Balaban J connectivity index is 4.26. The second-order valence-electron chi connectivity index (χ2n) is 5.78. The molecule has 16 heavy (non-hydrogen) atoms. The van der Waals surface area contributed by atoms with Crippen LogP contribution in [0.3, 0.4) is 0 Å². The van der Waals surface area contributed by atoms with E-state index in [0.717, 1.165) is 6.42 Å². The molecule has 0 aromatic carbocycles. The quantitative estimate of drug-likeness (QED) is 0.586. The summed E-state index contributed by atoms with van der Waals surface area (Å²) in [4.78, 5) is 0. The van der Waals surface area contributed by atoms with Gasteiger partial charge in [0.25, 0.3) is 0 Å². The normalized spacial score (nSPS) is 16.1. The molecule has 0 spiro atoms. The Kier molecular flexibility index (Phi) is 7.25. The van der Waals surface area contributed by atoms with E-state index in [9.17, 15) is 0 Å². The summed E-state index contributed by atoms with van der Waals surface area (Å²) >= 11 is 0. The standard InChI is InChI=1S/C14H30O2/c1-7-8-9-10-14(5,13(2,3)4)16-12-11-15-6/h7-12H2,1-6H3. The van der Waals surface area contributed by atoms with Crippen molar-refractivity contribution in [1.82, 2.24) is 0 Å².